The van der Waals surface area contributed by atoms with E-state index in [0.29, 0.717) is 5.92 Å². The highest BCUT2D eigenvalue weighted by Gasteiger charge is 2.29. The Morgan fingerprint density at radius 3 is 2.25 bits per heavy atom. The van der Waals surface area contributed by atoms with Crippen LogP contribution in [0.5, 0.6) is 0 Å². The smallest absolute Gasteiger partial charge is 0.0717 e. The van der Waals surface area contributed by atoms with Crippen LogP contribution in [0.2, 0.25) is 0 Å². The summed E-state index contributed by atoms with van der Waals surface area (Å²) in [6.07, 6.45) is 8.62. The first-order valence-electron chi connectivity index (χ1n) is 10.0. The molecular formula is C24H20N2S2. The number of hydrogen-bond donors (Lipinski definition) is 0. The Morgan fingerprint density at radius 1 is 0.714 bits per heavy atom. The summed E-state index contributed by atoms with van der Waals surface area (Å²) in [6, 6.07) is 17.1. The van der Waals surface area contributed by atoms with Crippen molar-refractivity contribution >= 4 is 45.3 Å². The molecule has 2 aliphatic rings. The van der Waals surface area contributed by atoms with Crippen LogP contribution in [-0.2, 0) is 0 Å². The number of hydrogen-bond acceptors (Lipinski definition) is 4. The first-order valence-corrected chi connectivity index (χ1v) is 11.7. The highest BCUT2D eigenvalue weighted by atomic mass is 32.2. The molecule has 138 valence electrons. The van der Waals surface area contributed by atoms with Crippen molar-refractivity contribution in [3.63, 3.8) is 0 Å². The van der Waals surface area contributed by atoms with Gasteiger partial charge in [0.15, 0.2) is 0 Å². The van der Waals surface area contributed by atoms with Gasteiger partial charge in [0.05, 0.1) is 16.7 Å². The van der Waals surface area contributed by atoms with E-state index in [-0.39, 0.29) is 0 Å². The maximum absolute atomic E-state index is 5.19. The fourth-order valence-corrected chi connectivity index (χ4v) is 7.19. The van der Waals surface area contributed by atoms with Crippen LogP contribution in [0, 0.1) is 0 Å². The molecule has 3 heterocycles. The third-order valence-corrected chi connectivity index (χ3v) is 8.61. The highest BCUT2D eigenvalue weighted by Crippen LogP contribution is 2.55. The van der Waals surface area contributed by atoms with Crippen LogP contribution in [0.1, 0.15) is 43.7 Å². The molecule has 0 saturated heterocycles. The molecule has 0 amide bonds. The number of aromatic nitrogens is 2. The molecular weight excluding hydrogens is 380 g/mol. The molecule has 0 unspecified atom stereocenters. The Kier molecular flexibility index (Phi) is 4.09. The number of pyridine rings is 2. The van der Waals surface area contributed by atoms with E-state index in [1.807, 2.05) is 23.5 Å². The van der Waals surface area contributed by atoms with Crippen molar-refractivity contribution in [1.82, 2.24) is 9.97 Å². The van der Waals surface area contributed by atoms with Crippen molar-refractivity contribution in [2.75, 3.05) is 0 Å². The lowest BCUT2D eigenvalue weighted by atomic mass is 9.86. The van der Waals surface area contributed by atoms with E-state index in [9.17, 15) is 0 Å². The Hall–Kier alpha value is -2.04. The van der Waals surface area contributed by atoms with Crippen molar-refractivity contribution in [1.29, 1.82) is 0 Å². The quantitative estimate of drug-likeness (QED) is 0.292. The summed E-state index contributed by atoms with van der Waals surface area (Å²) in [6.45, 7) is 0. The van der Waals surface area contributed by atoms with E-state index in [2.05, 4.69) is 54.7 Å². The Bertz CT molecular complexity index is 1210. The lowest BCUT2D eigenvalue weighted by Gasteiger charge is -2.28. The normalized spacial score (nSPS) is 16.9. The van der Waals surface area contributed by atoms with Crippen LogP contribution in [0.4, 0.5) is 0 Å². The number of fused-ring (bicyclic) bond motifs is 6. The Morgan fingerprint density at radius 2 is 1.43 bits per heavy atom. The summed E-state index contributed by atoms with van der Waals surface area (Å²) >= 11 is 3.81. The molecule has 0 spiro atoms. The predicted octanol–water partition coefficient (Wildman–Crippen LogP) is 7.45. The third kappa shape index (κ3) is 2.66. The summed E-state index contributed by atoms with van der Waals surface area (Å²) < 4.78 is 0. The van der Waals surface area contributed by atoms with E-state index >= 15 is 0 Å². The van der Waals surface area contributed by atoms with E-state index in [4.69, 9.17) is 9.97 Å². The summed E-state index contributed by atoms with van der Waals surface area (Å²) in [5.41, 5.74) is 3.53. The van der Waals surface area contributed by atoms with Gasteiger partial charge in [0.25, 0.3) is 0 Å². The van der Waals surface area contributed by atoms with Gasteiger partial charge in [-0.1, -0.05) is 79.2 Å². The van der Waals surface area contributed by atoms with Gasteiger partial charge < -0.3 is 0 Å². The first kappa shape index (κ1) is 16.9. The molecule has 1 saturated carbocycles. The number of nitrogens with zero attached hydrogens (tertiary/aromatic N) is 2. The van der Waals surface area contributed by atoms with Crippen LogP contribution >= 0.6 is 23.5 Å². The van der Waals surface area contributed by atoms with Gasteiger partial charge in [-0.05, 0) is 25.0 Å². The lowest BCUT2D eigenvalue weighted by Crippen LogP contribution is -2.10. The van der Waals surface area contributed by atoms with Gasteiger partial charge in [0.1, 0.15) is 0 Å². The van der Waals surface area contributed by atoms with Gasteiger partial charge in [0.2, 0.25) is 0 Å². The predicted molar refractivity (Wildman–Crippen MR) is 118 cm³/mol. The molecule has 4 heteroatoms. The largest absolute Gasteiger partial charge is 0.255 e. The van der Waals surface area contributed by atoms with Gasteiger partial charge in [-0.3, -0.25) is 9.97 Å². The molecule has 0 atom stereocenters. The van der Waals surface area contributed by atoms with Gasteiger partial charge in [-0.15, -0.1) is 0 Å². The molecule has 1 aliphatic carbocycles. The molecule has 1 fully saturated rings. The number of benzene rings is 2. The van der Waals surface area contributed by atoms with Crippen LogP contribution in [0.15, 0.2) is 74.3 Å². The van der Waals surface area contributed by atoms with Crippen molar-refractivity contribution < 1.29 is 0 Å². The minimum Gasteiger partial charge on any atom is -0.255 e. The summed E-state index contributed by atoms with van der Waals surface area (Å²) in [5, 5.41) is 2.53. The van der Waals surface area contributed by atoms with Gasteiger partial charge in [-0.2, -0.15) is 0 Å². The Labute approximate surface area is 173 Å². The minimum absolute atomic E-state index is 0.593. The van der Waals surface area contributed by atoms with Crippen LogP contribution in [0.3, 0.4) is 0 Å². The van der Waals surface area contributed by atoms with Gasteiger partial charge >= 0.3 is 0 Å². The standard InChI is InChI=1S/C24H20N2S2/c1-2-8-15(9-3-1)21-24-23(17-11-5-7-13-19(17)26-21)28-22-16-10-4-6-12-18(16)25-14-20(22)27-24/h4-7,10-15H,1-3,8-9H2. The molecule has 0 N–H and O–H groups in total. The zero-order valence-corrected chi connectivity index (χ0v) is 17.2. The van der Waals surface area contributed by atoms with Crippen molar-refractivity contribution in [2.45, 2.75) is 57.6 Å². The van der Waals surface area contributed by atoms with E-state index < -0.39 is 0 Å². The summed E-state index contributed by atoms with van der Waals surface area (Å²) in [7, 11) is 0. The number of para-hydroxylation sites is 2. The summed E-state index contributed by atoms with van der Waals surface area (Å²) in [5.74, 6) is 0.593. The average molecular weight is 401 g/mol. The molecule has 2 aromatic carbocycles. The minimum atomic E-state index is 0.593. The van der Waals surface area contributed by atoms with Crippen LogP contribution in [0.25, 0.3) is 21.8 Å². The number of rotatable bonds is 1. The highest BCUT2D eigenvalue weighted by molar-refractivity contribution is 8.05. The van der Waals surface area contributed by atoms with Crippen molar-refractivity contribution in [3.05, 3.63) is 60.4 Å². The lowest BCUT2D eigenvalue weighted by molar-refractivity contribution is 0.432. The van der Waals surface area contributed by atoms with Crippen LogP contribution in [-0.4, -0.2) is 9.97 Å². The average Bonchev–Trinajstić information content (AvgIpc) is 2.78. The fourth-order valence-electron chi connectivity index (χ4n) is 4.52. The zero-order valence-electron chi connectivity index (χ0n) is 15.5. The van der Waals surface area contributed by atoms with Gasteiger partial charge in [-0.25, -0.2) is 0 Å². The zero-order chi connectivity index (χ0) is 18.5. The van der Waals surface area contributed by atoms with Crippen molar-refractivity contribution in [2.24, 2.45) is 0 Å². The molecule has 0 bridgehead atoms. The fraction of sp³-hybridized carbons (Fsp3) is 0.250. The topological polar surface area (TPSA) is 25.8 Å². The molecule has 0 radical (unpaired) electrons. The van der Waals surface area contributed by atoms with Crippen molar-refractivity contribution in [3.8, 4) is 0 Å². The molecule has 4 aromatic rings. The SMILES string of the molecule is c1ccc2c3c(cnc2c1)Sc1c(C2CCCCC2)nc2ccccc2c1S3. The molecule has 28 heavy (non-hydrogen) atoms. The second-order valence-corrected chi connectivity index (χ2v) is 9.75. The molecule has 2 nitrogen and oxygen atoms in total. The second kappa shape index (κ2) is 6.78. The van der Waals surface area contributed by atoms with E-state index in [0.717, 1.165) is 11.0 Å². The molecule has 2 aromatic heterocycles. The molecule has 6 rings (SSSR count). The van der Waals surface area contributed by atoms with E-state index in [1.165, 1.54) is 68.2 Å². The summed E-state index contributed by atoms with van der Waals surface area (Å²) in [4.78, 5) is 15.3. The maximum atomic E-state index is 5.19. The van der Waals surface area contributed by atoms with Crippen LogP contribution < -0.4 is 0 Å². The van der Waals surface area contributed by atoms with E-state index in [1.54, 1.807) is 0 Å². The maximum Gasteiger partial charge on any atom is 0.0717 e. The first-order chi connectivity index (χ1) is 13.9. The Balaban J connectivity index is 1.59. The monoisotopic (exact) mass is 400 g/mol. The second-order valence-electron chi connectivity index (χ2n) is 7.68. The molecule has 1 aliphatic heterocycles. The third-order valence-electron chi connectivity index (χ3n) is 5.93. The van der Waals surface area contributed by atoms with Gasteiger partial charge in [0, 0.05) is 42.5 Å².